The molecule has 0 atom stereocenters. The molecule has 0 amide bonds. The lowest BCUT2D eigenvalue weighted by Crippen LogP contribution is -2.19. The van der Waals surface area contributed by atoms with Crippen LogP contribution in [0, 0.1) is 0 Å². The van der Waals surface area contributed by atoms with Gasteiger partial charge in [-0.1, -0.05) is 91.1 Å². The SMILES string of the molecule is CCC=CN(CCCC)CCCCCCCCCCCC. The van der Waals surface area contributed by atoms with Crippen LogP contribution in [-0.4, -0.2) is 18.0 Å². The van der Waals surface area contributed by atoms with E-state index in [9.17, 15) is 0 Å². The second-order valence-electron chi connectivity index (χ2n) is 6.36. The first-order valence-electron chi connectivity index (χ1n) is 9.75. The van der Waals surface area contributed by atoms with E-state index in [2.05, 4.69) is 37.9 Å². The Hall–Kier alpha value is -0.460. The van der Waals surface area contributed by atoms with E-state index in [1.807, 2.05) is 0 Å². The van der Waals surface area contributed by atoms with Crippen LogP contribution in [0.4, 0.5) is 0 Å². The highest BCUT2D eigenvalue weighted by Gasteiger charge is 1.98. The molecule has 0 aliphatic carbocycles. The number of allylic oxidation sites excluding steroid dienone is 1. The molecule has 0 saturated heterocycles. The Balaban J connectivity index is 3.42. The lowest BCUT2D eigenvalue weighted by atomic mass is 10.1. The van der Waals surface area contributed by atoms with E-state index in [1.54, 1.807) is 0 Å². The van der Waals surface area contributed by atoms with E-state index in [0.29, 0.717) is 0 Å². The van der Waals surface area contributed by atoms with Crippen molar-refractivity contribution in [3.8, 4) is 0 Å². The standard InChI is InChI=1S/C20H41N/c1-4-7-10-11-12-13-14-15-16-17-20-21(18-8-5-2)19-9-6-3/h8,18H,4-7,9-17,19-20H2,1-3H3. The third-order valence-electron chi connectivity index (χ3n) is 4.15. The first-order valence-corrected chi connectivity index (χ1v) is 9.75. The summed E-state index contributed by atoms with van der Waals surface area (Å²) >= 11 is 0. The predicted octanol–water partition coefficient (Wildman–Crippen LogP) is 6.93. The third-order valence-corrected chi connectivity index (χ3v) is 4.15. The number of hydrogen-bond donors (Lipinski definition) is 0. The molecule has 1 heteroatoms. The average Bonchev–Trinajstić information content (AvgIpc) is 2.51. The molecule has 0 aliphatic rings. The molecule has 0 radical (unpaired) electrons. The summed E-state index contributed by atoms with van der Waals surface area (Å²) in [6.45, 7) is 9.29. The van der Waals surface area contributed by atoms with E-state index >= 15 is 0 Å². The van der Waals surface area contributed by atoms with Gasteiger partial charge in [0.15, 0.2) is 0 Å². The fourth-order valence-electron chi connectivity index (χ4n) is 2.68. The van der Waals surface area contributed by atoms with Gasteiger partial charge < -0.3 is 4.90 Å². The Morgan fingerprint density at radius 3 is 1.57 bits per heavy atom. The van der Waals surface area contributed by atoms with Crippen molar-refractivity contribution in [2.75, 3.05) is 13.1 Å². The van der Waals surface area contributed by atoms with Crippen LogP contribution in [0.1, 0.15) is 104 Å². The quantitative estimate of drug-likeness (QED) is 0.279. The molecule has 0 aromatic rings. The summed E-state index contributed by atoms with van der Waals surface area (Å²) in [7, 11) is 0. The van der Waals surface area contributed by atoms with E-state index in [0.717, 1.165) is 6.42 Å². The minimum absolute atomic E-state index is 1.15. The normalized spacial score (nSPS) is 11.4. The molecule has 1 nitrogen and oxygen atoms in total. The maximum atomic E-state index is 2.53. The molecule has 0 rings (SSSR count). The molecule has 0 aromatic heterocycles. The van der Waals surface area contributed by atoms with Gasteiger partial charge in [-0.25, -0.2) is 0 Å². The Kier molecular flexibility index (Phi) is 17.2. The molecule has 0 fully saturated rings. The number of rotatable bonds is 16. The molecular weight excluding hydrogens is 254 g/mol. The lowest BCUT2D eigenvalue weighted by molar-refractivity contribution is 0.353. The zero-order valence-electron chi connectivity index (χ0n) is 15.2. The second-order valence-corrected chi connectivity index (χ2v) is 6.36. The van der Waals surface area contributed by atoms with Crippen molar-refractivity contribution in [3.63, 3.8) is 0 Å². The summed E-state index contributed by atoms with van der Waals surface area (Å²) < 4.78 is 0. The molecule has 0 spiro atoms. The highest BCUT2D eigenvalue weighted by atomic mass is 15.1. The van der Waals surface area contributed by atoms with Crippen LogP contribution in [0.5, 0.6) is 0 Å². The Bertz CT molecular complexity index is 210. The van der Waals surface area contributed by atoms with Gasteiger partial charge in [0.25, 0.3) is 0 Å². The van der Waals surface area contributed by atoms with Gasteiger partial charge in [0.1, 0.15) is 0 Å². The van der Waals surface area contributed by atoms with Crippen LogP contribution in [0.25, 0.3) is 0 Å². The number of hydrogen-bond acceptors (Lipinski definition) is 1. The molecular formula is C20H41N. The van der Waals surface area contributed by atoms with Crippen LogP contribution < -0.4 is 0 Å². The van der Waals surface area contributed by atoms with Crippen LogP contribution in [0.3, 0.4) is 0 Å². The summed E-state index contributed by atoms with van der Waals surface area (Å²) in [5.74, 6) is 0. The maximum Gasteiger partial charge on any atom is 0.0172 e. The minimum Gasteiger partial charge on any atom is -0.378 e. The molecule has 126 valence electrons. The monoisotopic (exact) mass is 295 g/mol. The highest BCUT2D eigenvalue weighted by molar-refractivity contribution is 4.81. The van der Waals surface area contributed by atoms with E-state index in [4.69, 9.17) is 0 Å². The third kappa shape index (κ3) is 15.7. The van der Waals surface area contributed by atoms with Crippen molar-refractivity contribution in [1.29, 1.82) is 0 Å². The Morgan fingerprint density at radius 2 is 1.05 bits per heavy atom. The lowest BCUT2D eigenvalue weighted by Gasteiger charge is -2.20. The topological polar surface area (TPSA) is 3.24 Å². The van der Waals surface area contributed by atoms with Gasteiger partial charge in [-0.15, -0.1) is 0 Å². The van der Waals surface area contributed by atoms with Crippen molar-refractivity contribution >= 4 is 0 Å². The van der Waals surface area contributed by atoms with Gasteiger partial charge in [-0.3, -0.25) is 0 Å². The van der Waals surface area contributed by atoms with Crippen molar-refractivity contribution in [2.24, 2.45) is 0 Å². The zero-order valence-corrected chi connectivity index (χ0v) is 15.2. The maximum absolute atomic E-state index is 2.53. The first-order chi connectivity index (χ1) is 10.3. The zero-order chi connectivity index (χ0) is 15.6. The van der Waals surface area contributed by atoms with Gasteiger partial charge in [0.2, 0.25) is 0 Å². The number of nitrogens with zero attached hydrogens (tertiary/aromatic N) is 1. The summed E-state index contributed by atoms with van der Waals surface area (Å²) in [6, 6.07) is 0. The molecule has 0 N–H and O–H groups in total. The van der Waals surface area contributed by atoms with Crippen molar-refractivity contribution < 1.29 is 0 Å². The molecule has 0 bridgehead atoms. The fraction of sp³-hybridized carbons (Fsp3) is 0.900. The predicted molar refractivity (Wildman–Crippen MR) is 97.8 cm³/mol. The van der Waals surface area contributed by atoms with E-state index < -0.39 is 0 Å². The fourth-order valence-corrected chi connectivity index (χ4v) is 2.68. The summed E-state index contributed by atoms with van der Waals surface area (Å²) in [5.41, 5.74) is 0. The van der Waals surface area contributed by atoms with Gasteiger partial charge in [0, 0.05) is 13.1 Å². The second kappa shape index (κ2) is 17.6. The van der Waals surface area contributed by atoms with Crippen molar-refractivity contribution in [1.82, 2.24) is 4.90 Å². The first kappa shape index (κ1) is 20.5. The van der Waals surface area contributed by atoms with Crippen LogP contribution in [0.2, 0.25) is 0 Å². The number of unbranched alkanes of at least 4 members (excludes halogenated alkanes) is 10. The molecule has 0 unspecified atom stereocenters. The van der Waals surface area contributed by atoms with Crippen molar-refractivity contribution in [3.05, 3.63) is 12.3 Å². The van der Waals surface area contributed by atoms with E-state index in [-0.39, 0.29) is 0 Å². The smallest absolute Gasteiger partial charge is 0.0172 e. The van der Waals surface area contributed by atoms with Crippen LogP contribution >= 0.6 is 0 Å². The molecule has 0 heterocycles. The largest absolute Gasteiger partial charge is 0.378 e. The van der Waals surface area contributed by atoms with Gasteiger partial charge in [0.05, 0.1) is 0 Å². The molecule has 0 aliphatic heterocycles. The van der Waals surface area contributed by atoms with Crippen LogP contribution in [-0.2, 0) is 0 Å². The molecule has 0 saturated carbocycles. The van der Waals surface area contributed by atoms with Crippen LogP contribution in [0.15, 0.2) is 12.3 Å². The molecule has 0 aromatic carbocycles. The van der Waals surface area contributed by atoms with Crippen molar-refractivity contribution in [2.45, 2.75) is 104 Å². The summed E-state index contributed by atoms with van der Waals surface area (Å²) in [5, 5.41) is 0. The summed E-state index contributed by atoms with van der Waals surface area (Å²) in [4.78, 5) is 2.53. The van der Waals surface area contributed by atoms with Gasteiger partial charge in [-0.05, 0) is 25.5 Å². The Labute approximate surface area is 135 Å². The average molecular weight is 296 g/mol. The summed E-state index contributed by atoms with van der Waals surface area (Å²) in [6.07, 6.45) is 22.7. The van der Waals surface area contributed by atoms with Gasteiger partial charge >= 0.3 is 0 Å². The van der Waals surface area contributed by atoms with Gasteiger partial charge in [-0.2, -0.15) is 0 Å². The highest BCUT2D eigenvalue weighted by Crippen LogP contribution is 2.11. The Morgan fingerprint density at radius 1 is 0.571 bits per heavy atom. The minimum atomic E-state index is 1.15. The molecule has 21 heavy (non-hydrogen) atoms. The van der Waals surface area contributed by atoms with E-state index in [1.165, 1.54) is 90.1 Å².